The van der Waals surface area contributed by atoms with Gasteiger partial charge in [-0.25, -0.2) is 4.98 Å². The predicted molar refractivity (Wildman–Crippen MR) is 87.5 cm³/mol. The van der Waals surface area contributed by atoms with Gasteiger partial charge in [-0.1, -0.05) is 44.5 Å². The maximum absolute atomic E-state index is 6.02. The van der Waals surface area contributed by atoms with Gasteiger partial charge in [-0.3, -0.25) is 0 Å². The highest BCUT2D eigenvalue weighted by molar-refractivity contribution is 7.11. The number of aromatic nitrogens is 1. The van der Waals surface area contributed by atoms with E-state index in [4.69, 9.17) is 11.6 Å². The van der Waals surface area contributed by atoms with Gasteiger partial charge < -0.3 is 5.32 Å². The summed E-state index contributed by atoms with van der Waals surface area (Å²) in [5.74, 6) is 0. The van der Waals surface area contributed by atoms with Crippen LogP contribution in [-0.2, 0) is 12.0 Å². The fourth-order valence-electron chi connectivity index (χ4n) is 1.88. The summed E-state index contributed by atoms with van der Waals surface area (Å²) in [6.07, 6.45) is 1.98. The van der Waals surface area contributed by atoms with Crippen LogP contribution in [-0.4, -0.2) is 4.98 Å². The fraction of sp³-hybridized carbons (Fsp3) is 0.438. The van der Waals surface area contributed by atoms with Crippen molar-refractivity contribution >= 4 is 22.9 Å². The van der Waals surface area contributed by atoms with Crippen molar-refractivity contribution in [3.8, 4) is 0 Å². The largest absolute Gasteiger partial charge is 0.305 e. The molecule has 0 radical (unpaired) electrons. The van der Waals surface area contributed by atoms with Gasteiger partial charge in [0.25, 0.3) is 0 Å². The average molecular weight is 309 g/mol. The quantitative estimate of drug-likeness (QED) is 0.865. The lowest BCUT2D eigenvalue weighted by molar-refractivity contribution is 0.578. The zero-order valence-corrected chi connectivity index (χ0v) is 14.0. The lowest BCUT2D eigenvalue weighted by Gasteiger charge is -2.14. The van der Waals surface area contributed by atoms with E-state index in [2.05, 4.69) is 44.1 Å². The first kappa shape index (κ1) is 15.5. The standard InChI is InChI=1S/C16H21ClN2S/c1-11(12-6-5-7-13(17)8-12)18-9-14-10-19-15(20-14)16(2,3)4/h5-8,10-11,18H,9H2,1-4H3/t11-/m0/s1. The molecule has 0 aliphatic rings. The van der Waals surface area contributed by atoms with Crippen molar-refractivity contribution in [1.29, 1.82) is 0 Å². The molecule has 0 fully saturated rings. The van der Waals surface area contributed by atoms with Crippen molar-refractivity contribution in [2.45, 2.75) is 45.7 Å². The van der Waals surface area contributed by atoms with Gasteiger partial charge in [0.05, 0.1) is 5.01 Å². The molecule has 1 aromatic carbocycles. The highest BCUT2D eigenvalue weighted by Crippen LogP contribution is 2.27. The Morgan fingerprint density at radius 2 is 2.10 bits per heavy atom. The zero-order chi connectivity index (χ0) is 14.8. The van der Waals surface area contributed by atoms with Crippen LogP contribution in [0.15, 0.2) is 30.5 Å². The summed E-state index contributed by atoms with van der Waals surface area (Å²) in [6, 6.07) is 8.26. The van der Waals surface area contributed by atoms with E-state index in [0.717, 1.165) is 11.6 Å². The van der Waals surface area contributed by atoms with Crippen LogP contribution in [0, 0.1) is 0 Å². The van der Waals surface area contributed by atoms with Crippen LogP contribution in [0.2, 0.25) is 5.02 Å². The summed E-state index contributed by atoms with van der Waals surface area (Å²) in [7, 11) is 0. The summed E-state index contributed by atoms with van der Waals surface area (Å²) in [5, 5.41) is 5.49. The second kappa shape index (κ2) is 6.25. The van der Waals surface area contributed by atoms with Gasteiger partial charge in [-0.15, -0.1) is 11.3 Å². The molecule has 1 N–H and O–H groups in total. The smallest absolute Gasteiger partial charge is 0.0981 e. The van der Waals surface area contributed by atoms with Crippen molar-refractivity contribution in [3.63, 3.8) is 0 Å². The lowest BCUT2D eigenvalue weighted by Crippen LogP contribution is -2.17. The molecule has 0 spiro atoms. The molecule has 4 heteroatoms. The maximum atomic E-state index is 6.02. The highest BCUT2D eigenvalue weighted by Gasteiger charge is 2.18. The van der Waals surface area contributed by atoms with E-state index in [1.807, 2.05) is 24.4 Å². The van der Waals surface area contributed by atoms with Crippen LogP contribution in [0.1, 0.15) is 49.2 Å². The lowest BCUT2D eigenvalue weighted by atomic mass is 9.98. The normalized spacial score (nSPS) is 13.4. The van der Waals surface area contributed by atoms with Gasteiger partial charge in [0.2, 0.25) is 0 Å². The van der Waals surface area contributed by atoms with Crippen molar-refractivity contribution in [2.75, 3.05) is 0 Å². The molecule has 0 unspecified atom stereocenters. The van der Waals surface area contributed by atoms with Gasteiger partial charge in [-0.2, -0.15) is 0 Å². The second-order valence-electron chi connectivity index (χ2n) is 6.04. The van der Waals surface area contributed by atoms with E-state index in [1.54, 1.807) is 11.3 Å². The van der Waals surface area contributed by atoms with Crippen LogP contribution in [0.5, 0.6) is 0 Å². The SMILES string of the molecule is C[C@H](NCc1cnc(C(C)(C)C)s1)c1cccc(Cl)c1. The number of nitrogens with one attached hydrogen (secondary N) is 1. The summed E-state index contributed by atoms with van der Waals surface area (Å²) < 4.78 is 0. The molecule has 0 aliphatic carbocycles. The molecule has 2 rings (SSSR count). The third-order valence-electron chi connectivity index (χ3n) is 3.13. The molecule has 0 amide bonds. The topological polar surface area (TPSA) is 24.9 Å². The van der Waals surface area contributed by atoms with Gasteiger partial charge in [0, 0.05) is 34.1 Å². The van der Waals surface area contributed by atoms with E-state index < -0.39 is 0 Å². The highest BCUT2D eigenvalue weighted by atomic mass is 35.5. The number of hydrogen-bond donors (Lipinski definition) is 1. The van der Waals surface area contributed by atoms with Gasteiger partial charge in [-0.05, 0) is 24.6 Å². The first-order valence-electron chi connectivity index (χ1n) is 6.80. The summed E-state index contributed by atoms with van der Waals surface area (Å²) in [6.45, 7) is 9.56. The molecule has 2 aromatic rings. The predicted octanol–water partition coefficient (Wildman–Crippen LogP) is 4.94. The molecule has 108 valence electrons. The van der Waals surface area contributed by atoms with Crippen molar-refractivity contribution in [3.05, 3.63) is 50.9 Å². The molecule has 0 saturated heterocycles. The number of thiazole rings is 1. The zero-order valence-electron chi connectivity index (χ0n) is 12.4. The molecule has 0 aliphatic heterocycles. The third-order valence-corrected chi connectivity index (χ3v) is 4.78. The Morgan fingerprint density at radius 3 is 2.70 bits per heavy atom. The second-order valence-corrected chi connectivity index (χ2v) is 7.59. The van der Waals surface area contributed by atoms with Crippen LogP contribution >= 0.6 is 22.9 Å². The van der Waals surface area contributed by atoms with Gasteiger partial charge in [0.1, 0.15) is 0 Å². The number of halogens is 1. The molecular weight excluding hydrogens is 288 g/mol. The van der Waals surface area contributed by atoms with Crippen molar-refractivity contribution < 1.29 is 0 Å². The minimum absolute atomic E-state index is 0.126. The third kappa shape index (κ3) is 4.05. The van der Waals surface area contributed by atoms with Crippen LogP contribution in [0.25, 0.3) is 0 Å². The minimum atomic E-state index is 0.126. The fourth-order valence-corrected chi connectivity index (χ4v) is 3.00. The van der Waals surface area contributed by atoms with Gasteiger partial charge in [0.15, 0.2) is 0 Å². The molecule has 2 nitrogen and oxygen atoms in total. The Morgan fingerprint density at radius 1 is 1.35 bits per heavy atom. The summed E-state index contributed by atoms with van der Waals surface area (Å²) in [5.41, 5.74) is 1.33. The molecule has 1 atom stereocenters. The monoisotopic (exact) mass is 308 g/mol. The number of hydrogen-bond acceptors (Lipinski definition) is 3. The Bertz CT molecular complexity index is 572. The van der Waals surface area contributed by atoms with E-state index in [-0.39, 0.29) is 11.5 Å². The van der Waals surface area contributed by atoms with E-state index >= 15 is 0 Å². The number of rotatable bonds is 4. The van der Waals surface area contributed by atoms with E-state index in [1.165, 1.54) is 15.4 Å². The first-order chi connectivity index (χ1) is 9.36. The maximum Gasteiger partial charge on any atom is 0.0981 e. The van der Waals surface area contributed by atoms with E-state index in [0.29, 0.717) is 0 Å². The Hall–Kier alpha value is -0.900. The molecule has 1 aromatic heterocycles. The molecule has 0 bridgehead atoms. The summed E-state index contributed by atoms with van der Waals surface area (Å²) in [4.78, 5) is 5.78. The average Bonchev–Trinajstić information content (AvgIpc) is 2.84. The molecular formula is C16H21ClN2S. The van der Waals surface area contributed by atoms with Gasteiger partial charge >= 0.3 is 0 Å². The van der Waals surface area contributed by atoms with Crippen molar-refractivity contribution in [1.82, 2.24) is 10.3 Å². The number of benzene rings is 1. The molecule has 1 heterocycles. The Balaban J connectivity index is 1.97. The Kier molecular flexibility index (Phi) is 4.84. The van der Waals surface area contributed by atoms with Crippen LogP contribution in [0.3, 0.4) is 0 Å². The number of nitrogens with zero attached hydrogens (tertiary/aromatic N) is 1. The Labute approximate surface area is 130 Å². The van der Waals surface area contributed by atoms with Crippen molar-refractivity contribution in [2.24, 2.45) is 0 Å². The van der Waals surface area contributed by atoms with E-state index in [9.17, 15) is 0 Å². The van der Waals surface area contributed by atoms with Crippen LogP contribution in [0.4, 0.5) is 0 Å². The first-order valence-corrected chi connectivity index (χ1v) is 8.00. The molecule has 20 heavy (non-hydrogen) atoms. The molecule has 0 saturated carbocycles. The minimum Gasteiger partial charge on any atom is -0.305 e. The van der Waals surface area contributed by atoms with Crippen LogP contribution < -0.4 is 5.32 Å². The summed E-state index contributed by atoms with van der Waals surface area (Å²) >= 11 is 7.80.